The Hall–Kier alpha value is -3.09. The largest absolute Gasteiger partial charge is 0.395 e. The fraction of sp³-hybridized carbons (Fsp3) is 0.240. The molecular formula is C25H22F2N2O2. The molecule has 1 fully saturated rings. The second-order valence-electron chi connectivity index (χ2n) is 8.09. The van der Waals surface area contributed by atoms with Crippen LogP contribution in [0.4, 0.5) is 14.5 Å². The summed E-state index contributed by atoms with van der Waals surface area (Å²) in [5, 5.41) is 10.1. The van der Waals surface area contributed by atoms with E-state index in [0.717, 1.165) is 23.4 Å². The van der Waals surface area contributed by atoms with E-state index in [1.165, 1.54) is 6.07 Å². The fourth-order valence-corrected chi connectivity index (χ4v) is 4.99. The number of carbonyl (C=O) groups excluding carboxylic acids is 1. The fourth-order valence-electron chi connectivity index (χ4n) is 4.99. The van der Waals surface area contributed by atoms with E-state index in [1.54, 1.807) is 17.0 Å². The number of fused-ring (bicyclic) bond motifs is 3. The lowest BCUT2D eigenvalue weighted by atomic mass is 9.71. The Bertz CT molecular complexity index is 1120. The van der Waals surface area contributed by atoms with Gasteiger partial charge in [0.1, 0.15) is 11.6 Å². The van der Waals surface area contributed by atoms with E-state index in [1.807, 2.05) is 47.4 Å². The van der Waals surface area contributed by atoms with Gasteiger partial charge in [0, 0.05) is 47.9 Å². The van der Waals surface area contributed by atoms with Crippen molar-refractivity contribution < 1.29 is 18.7 Å². The molecule has 0 bridgehead atoms. The Kier molecular flexibility index (Phi) is 5.04. The van der Waals surface area contributed by atoms with E-state index in [0.29, 0.717) is 12.1 Å². The van der Waals surface area contributed by atoms with E-state index in [4.69, 9.17) is 0 Å². The molecule has 0 radical (unpaired) electrons. The number of anilines is 1. The highest BCUT2D eigenvalue weighted by Gasteiger charge is 2.53. The summed E-state index contributed by atoms with van der Waals surface area (Å²) in [6.07, 6.45) is 0. The first-order valence-corrected chi connectivity index (χ1v) is 10.3. The van der Waals surface area contributed by atoms with Gasteiger partial charge < -0.3 is 10.0 Å². The molecule has 3 aromatic rings. The maximum absolute atomic E-state index is 14.3. The average molecular weight is 420 g/mol. The van der Waals surface area contributed by atoms with Crippen LogP contribution in [0, 0.1) is 11.6 Å². The number of likely N-dealkylation sites (tertiary alicyclic amines) is 1. The highest BCUT2D eigenvalue weighted by atomic mass is 19.1. The summed E-state index contributed by atoms with van der Waals surface area (Å²) < 4.78 is 28.0. The lowest BCUT2D eigenvalue weighted by molar-refractivity contribution is -0.0494. The molecule has 1 amide bonds. The van der Waals surface area contributed by atoms with Crippen LogP contribution in [0.25, 0.3) is 0 Å². The Labute approximate surface area is 179 Å². The number of halogens is 2. The zero-order chi connectivity index (χ0) is 21.5. The molecule has 5 rings (SSSR count). The molecule has 2 aliphatic rings. The minimum absolute atomic E-state index is 0.0256. The molecule has 0 aromatic heterocycles. The Morgan fingerprint density at radius 2 is 1.74 bits per heavy atom. The summed E-state index contributed by atoms with van der Waals surface area (Å²) in [6, 6.07) is 19.9. The van der Waals surface area contributed by atoms with Crippen LogP contribution in [0.5, 0.6) is 0 Å². The first-order valence-electron chi connectivity index (χ1n) is 10.3. The van der Waals surface area contributed by atoms with Crippen LogP contribution in [-0.4, -0.2) is 41.1 Å². The third-order valence-electron chi connectivity index (χ3n) is 6.45. The molecule has 2 heterocycles. The Morgan fingerprint density at radius 1 is 1.00 bits per heavy atom. The number of benzene rings is 3. The molecule has 158 valence electrons. The molecular weight excluding hydrogens is 398 g/mol. The third-order valence-corrected chi connectivity index (χ3v) is 6.45. The lowest BCUT2D eigenvalue weighted by Gasteiger charge is -2.59. The van der Waals surface area contributed by atoms with Crippen molar-refractivity contribution in [3.05, 3.63) is 101 Å². The number of hydrogen-bond acceptors (Lipinski definition) is 3. The van der Waals surface area contributed by atoms with E-state index < -0.39 is 11.6 Å². The number of amides is 1. The molecule has 0 saturated carbocycles. The number of rotatable bonds is 4. The van der Waals surface area contributed by atoms with E-state index >= 15 is 0 Å². The smallest absolute Gasteiger partial charge is 0.258 e. The normalized spacial score (nSPS) is 22.4. The molecule has 2 aliphatic heterocycles. The maximum Gasteiger partial charge on any atom is 0.258 e. The van der Waals surface area contributed by atoms with Crippen molar-refractivity contribution in [2.45, 2.75) is 24.5 Å². The second kappa shape index (κ2) is 7.87. The molecule has 0 aliphatic carbocycles. The average Bonchev–Trinajstić information content (AvgIpc) is 2.79. The van der Waals surface area contributed by atoms with Crippen molar-refractivity contribution in [3.8, 4) is 0 Å². The van der Waals surface area contributed by atoms with Crippen LogP contribution >= 0.6 is 0 Å². The SMILES string of the molecule is O=C(c1ccccc1)N1C[C@@H]2[C@H](c3ccccc31)[C@H](CO)N2Cc1cc(F)ccc1F. The summed E-state index contributed by atoms with van der Waals surface area (Å²) in [5.74, 6) is -1.05. The van der Waals surface area contributed by atoms with E-state index in [2.05, 4.69) is 0 Å². The number of aliphatic hydroxyl groups is 1. The molecule has 6 heteroatoms. The van der Waals surface area contributed by atoms with Crippen molar-refractivity contribution >= 4 is 11.6 Å². The van der Waals surface area contributed by atoms with Crippen LogP contribution in [0.2, 0.25) is 0 Å². The van der Waals surface area contributed by atoms with Crippen LogP contribution in [0.3, 0.4) is 0 Å². The molecule has 4 nitrogen and oxygen atoms in total. The molecule has 1 saturated heterocycles. The number of para-hydroxylation sites is 1. The van der Waals surface area contributed by atoms with Gasteiger partial charge in [-0.1, -0.05) is 36.4 Å². The molecule has 0 unspecified atom stereocenters. The van der Waals surface area contributed by atoms with Crippen molar-refractivity contribution in [2.75, 3.05) is 18.1 Å². The van der Waals surface area contributed by atoms with Gasteiger partial charge >= 0.3 is 0 Å². The zero-order valence-corrected chi connectivity index (χ0v) is 16.8. The topological polar surface area (TPSA) is 43.8 Å². The number of hydrogen-bond donors (Lipinski definition) is 1. The van der Waals surface area contributed by atoms with Gasteiger partial charge in [0.05, 0.1) is 6.61 Å². The zero-order valence-electron chi connectivity index (χ0n) is 16.8. The van der Waals surface area contributed by atoms with Gasteiger partial charge in [0.25, 0.3) is 5.91 Å². The Balaban J connectivity index is 1.50. The summed E-state index contributed by atoms with van der Waals surface area (Å²) in [6.45, 7) is 0.493. The van der Waals surface area contributed by atoms with E-state index in [-0.39, 0.29) is 42.6 Å². The van der Waals surface area contributed by atoms with Crippen molar-refractivity contribution in [2.24, 2.45) is 0 Å². The Morgan fingerprint density at radius 3 is 2.52 bits per heavy atom. The lowest BCUT2D eigenvalue weighted by Crippen LogP contribution is -2.68. The van der Waals surface area contributed by atoms with Crippen LogP contribution < -0.4 is 4.90 Å². The second-order valence-corrected chi connectivity index (χ2v) is 8.09. The third kappa shape index (κ3) is 3.32. The molecule has 3 atom stereocenters. The standard InChI is InChI=1S/C25H22F2N2O2/c26-18-10-11-20(27)17(12-18)13-28-22-14-29(25(31)16-6-2-1-3-7-16)21-9-5-4-8-19(21)24(22)23(28)15-30/h1-12,22-24,30H,13-15H2/t22-,23+,24+/m1/s1. The monoisotopic (exact) mass is 420 g/mol. The van der Waals surface area contributed by atoms with Crippen molar-refractivity contribution in [3.63, 3.8) is 0 Å². The number of carbonyl (C=O) groups is 1. The number of aliphatic hydroxyl groups excluding tert-OH is 1. The van der Waals surface area contributed by atoms with Gasteiger partial charge in [-0.15, -0.1) is 0 Å². The summed E-state index contributed by atoms with van der Waals surface area (Å²) in [4.78, 5) is 17.0. The first-order chi connectivity index (χ1) is 15.1. The number of nitrogens with zero attached hydrogens (tertiary/aromatic N) is 2. The van der Waals surface area contributed by atoms with Crippen LogP contribution in [0.15, 0.2) is 72.8 Å². The van der Waals surface area contributed by atoms with Crippen molar-refractivity contribution in [1.29, 1.82) is 0 Å². The minimum atomic E-state index is -0.496. The molecule has 0 spiro atoms. The molecule has 3 aromatic carbocycles. The molecule has 31 heavy (non-hydrogen) atoms. The van der Waals surface area contributed by atoms with Crippen molar-refractivity contribution in [1.82, 2.24) is 4.90 Å². The predicted molar refractivity (Wildman–Crippen MR) is 114 cm³/mol. The first kappa shape index (κ1) is 19.8. The summed E-state index contributed by atoms with van der Waals surface area (Å²) in [7, 11) is 0. The van der Waals surface area contributed by atoms with Crippen LogP contribution in [-0.2, 0) is 6.54 Å². The summed E-state index contributed by atoms with van der Waals surface area (Å²) in [5.41, 5.74) is 2.68. The molecule has 1 N–H and O–H groups in total. The van der Waals surface area contributed by atoms with Gasteiger partial charge in [0.15, 0.2) is 0 Å². The van der Waals surface area contributed by atoms with Gasteiger partial charge in [-0.25, -0.2) is 8.78 Å². The van der Waals surface area contributed by atoms with Gasteiger partial charge in [-0.3, -0.25) is 9.69 Å². The maximum atomic E-state index is 14.3. The predicted octanol–water partition coefficient (Wildman–Crippen LogP) is 3.95. The van der Waals surface area contributed by atoms with Crippen LogP contribution in [0.1, 0.15) is 27.4 Å². The van der Waals surface area contributed by atoms with Gasteiger partial charge in [0.2, 0.25) is 0 Å². The van der Waals surface area contributed by atoms with Gasteiger partial charge in [-0.05, 0) is 42.0 Å². The quantitative estimate of drug-likeness (QED) is 0.695. The minimum Gasteiger partial charge on any atom is -0.395 e. The highest BCUT2D eigenvalue weighted by Crippen LogP contribution is 2.49. The summed E-state index contributed by atoms with van der Waals surface area (Å²) >= 11 is 0. The van der Waals surface area contributed by atoms with Gasteiger partial charge in [-0.2, -0.15) is 0 Å². The van der Waals surface area contributed by atoms with E-state index in [9.17, 15) is 18.7 Å². The highest BCUT2D eigenvalue weighted by molar-refractivity contribution is 6.07.